The summed E-state index contributed by atoms with van der Waals surface area (Å²) >= 11 is 6.08. The molecular formula is C15H25ClN2O2S. The first-order chi connectivity index (χ1) is 9.72. The van der Waals surface area contributed by atoms with E-state index in [-0.39, 0.29) is 16.9 Å². The van der Waals surface area contributed by atoms with E-state index in [1.165, 1.54) is 6.07 Å². The van der Waals surface area contributed by atoms with Crippen LogP contribution in [-0.2, 0) is 16.6 Å². The van der Waals surface area contributed by atoms with E-state index >= 15 is 0 Å². The van der Waals surface area contributed by atoms with Crippen molar-refractivity contribution >= 4 is 21.6 Å². The monoisotopic (exact) mass is 332 g/mol. The molecule has 120 valence electrons. The fourth-order valence-corrected chi connectivity index (χ4v) is 4.40. The van der Waals surface area contributed by atoms with Crippen molar-refractivity contribution in [3.63, 3.8) is 0 Å². The topological polar surface area (TPSA) is 58.2 Å². The summed E-state index contributed by atoms with van der Waals surface area (Å²) in [4.78, 5) is 0.263. The van der Waals surface area contributed by atoms with Crippen LogP contribution in [0.2, 0.25) is 5.02 Å². The van der Waals surface area contributed by atoms with Gasteiger partial charge in [0, 0.05) is 17.6 Å². The number of hydrogen-bond donors (Lipinski definition) is 2. The average Bonchev–Trinajstić information content (AvgIpc) is 2.39. The molecule has 0 aliphatic heterocycles. The van der Waals surface area contributed by atoms with Crippen molar-refractivity contribution in [3.05, 3.63) is 28.3 Å². The SMILES string of the molecule is CCC(NS(=O)(=O)c1cc(Cl)cc(CNC)c1C)C(C)C. The van der Waals surface area contributed by atoms with E-state index in [9.17, 15) is 8.42 Å². The second-order valence-corrected chi connectivity index (χ2v) is 7.72. The van der Waals surface area contributed by atoms with Crippen LogP contribution in [0.5, 0.6) is 0 Å². The molecule has 2 N–H and O–H groups in total. The smallest absolute Gasteiger partial charge is 0.241 e. The Labute approximate surface area is 133 Å². The van der Waals surface area contributed by atoms with E-state index < -0.39 is 10.0 Å². The summed E-state index contributed by atoms with van der Waals surface area (Å²) in [5.41, 5.74) is 1.63. The first-order valence-corrected chi connectivity index (χ1v) is 9.05. The van der Waals surface area contributed by atoms with Crippen LogP contribution >= 0.6 is 11.6 Å². The Morgan fingerprint density at radius 3 is 2.38 bits per heavy atom. The van der Waals surface area contributed by atoms with Gasteiger partial charge in [-0.15, -0.1) is 0 Å². The zero-order chi connectivity index (χ0) is 16.2. The van der Waals surface area contributed by atoms with Gasteiger partial charge in [-0.05, 0) is 49.6 Å². The molecule has 0 radical (unpaired) electrons. The minimum atomic E-state index is -3.57. The molecule has 0 amide bonds. The molecule has 1 aromatic carbocycles. The lowest BCUT2D eigenvalue weighted by Crippen LogP contribution is -2.38. The molecule has 4 nitrogen and oxygen atoms in total. The molecule has 0 saturated heterocycles. The Kier molecular flexibility index (Phi) is 6.66. The quantitative estimate of drug-likeness (QED) is 0.806. The second kappa shape index (κ2) is 7.58. The van der Waals surface area contributed by atoms with Crippen LogP contribution in [-0.4, -0.2) is 21.5 Å². The fraction of sp³-hybridized carbons (Fsp3) is 0.600. The van der Waals surface area contributed by atoms with E-state index in [1.54, 1.807) is 6.07 Å². The maximum absolute atomic E-state index is 12.6. The lowest BCUT2D eigenvalue weighted by atomic mass is 10.0. The first kappa shape index (κ1) is 18.4. The third kappa shape index (κ3) is 4.68. The van der Waals surface area contributed by atoms with Crippen molar-refractivity contribution in [1.29, 1.82) is 0 Å². The molecule has 1 atom stereocenters. The maximum atomic E-state index is 12.6. The van der Waals surface area contributed by atoms with Crippen LogP contribution in [0.3, 0.4) is 0 Å². The van der Waals surface area contributed by atoms with Crippen molar-refractivity contribution in [2.75, 3.05) is 7.05 Å². The van der Waals surface area contributed by atoms with Gasteiger partial charge in [0.1, 0.15) is 0 Å². The molecule has 0 saturated carbocycles. The molecule has 0 aliphatic rings. The number of nitrogens with one attached hydrogen (secondary N) is 2. The number of sulfonamides is 1. The average molecular weight is 333 g/mol. The Morgan fingerprint density at radius 2 is 1.90 bits per heavy atom. The highest BCUT2D eigenvalue weighted by Crippen LogP contribution is 2.25. The summed E-state index contributed by atoms with van der Waals surface area (Å²) in [7, 11) is -1.75. The predicted molar refractivity (Wildman–Crippen MR) is 88.2 cm³/mol. The molecule has 0 bridgehead atoms. The van der Waals surface area contributed by atoms with Gasteiger partial charge in [0.15, 0.2) is 0 Å². The molecule has 21 heavy (non-hydrogen) atoms. The summed E-state index contributed by atoms with van der Waals surface area (Å²) in [6.45, 7) is 8.39. The Morgan fingerprint density at radius 1 is 1.29 bits per heavy atom. The van der Waals surface area contributed by atoms with Gasteiger partial charge in [-0.3, -0.25) is 0 Å². The van der Waals surface area contributed by atoms with Crippen molar-refractivity contribution in [2.24, 2.45) is 5.92 Å². The highest BCUT2D eigenvalue weighted by atomic mass is 35.5. The summed E-state index contributed by atoms with van der Waals surface area (Å²) in [6.07, 6.45) is 0.750. The van der Waals surface area contributed by atoms with Gasteiger partial charge in [-0.2, -0.15) is 0 Å². The first-order valence-electron chi connectivity index (χ1n) is 7.18. The summed E-state index contributed by atoms with van der Waals surface area (Å²) in [5, 5.41) is 3.46. The lowest BCUT2D eigenvalue weighted by Gasteiger charge is -2.22. The molecule has 0 fully saturated rings. The van der Waals surface area contributed by atoms with Crippen molar-refractivity contribution in [1.82, 2.24) is 10.0 Å². The zero-order valence-electron chi connectivity index (χ0n) is 13.3. The molecule has 0 heterocycles. The van der Waals surface area contributed by atoms with Crippen molar-refractivity contribution in [3.8, 4) is 0 Å². The third-order valence-electron chi connectivity index (χ3n) is 3.64. The van der Waals surface area contributed by atoms with Crippen LogP contribution in [0.4, 0.5) is 0 Å². The van der Waals surface area contributed by atoms with E-state index in [1.807, 2.05) is 34.7 Å². The van der Waals surface area contributed by atoms with Crippen LogP contribution in [0.25, 0.3) is 0 Å². The van der Waals surface area contributed by atoms with Crippen molar-refractivity contribution < 1.29 is 8.42 Å². The van der Waals surface area contributed by atoms with E-state index in [2.05, 4.69) is 10.0 Å². The highest BCUT2D eigenvalue weighted by Gasteiger charge is 2.24. The van der Waals surface area contributed by atoms with Gasteiger partial charge in [0.25, 0.3) is 0 Å². The molecule has 0 spiro atoms. The molecule has 1 unspecified atom stereocenters. The number of halogens is 1. The van der Waals surface area contributed by atoms with Gasteiger partial charge in [0.2, 0.25) is 10.0 Å². The van der Waals surface area contributed by atoms with Gasteiger partial charge < -0.3 is 5.32 Å². The Balaban J connectivity index is 3.25. The van der Waals surface area contributed by atoms with E-state index in [4.69, 9.17) is 11.6 Å². The fourth-order valence-electron chi connectivity index (χ4n) is 2.31. The van der Waals surface area contributed by atoms with Gasteiger partial charge in [-0.25, -0.2) is 13.1 Å². The van der Waals surface area contributed by atoms with Crippen molar-refractivity contribution in [2.45, 2.75) is 51.6 Å². The highest BCUT2D eigenvalue weighted by molar-refractivity contribution is 7.89. The van der Waals surface area contributed by atoms with Gasteiger partial charge >= 0.3 is 0 Å². The lowest BCUT2D eigenvalue weighted by molar-refractivity contribution is 0.437. The maximum Gasteiger partial charge on any atom is 0.241 e. The minimum Gasteiger partial charge on any atom is -0.316 e. The molecule has 6 heteroatoms. The van der Waals surface area contributed by atoms with Crippen LogP contribution in [0.1, 0.15) is 38.3 Å². The zero-order valence-corrected chi connectivity index (χ0v) is 14.9. The van der Waals surface area contributed by atoms with Crippen LogP contribution in [0, 0.1) is 12.8 Å². The largest absolute Gasteiger partial charge is 0.316 e. The normalized spacial score (nSPS) is 13.7. The summed E-state index contributed by atoms with van der Waals surface area (Å²) < 4.78 is 28.1. The number of rotatable bonds is 7. The molecule has 0 aromatic heterocycles. The number of benzene rings is 1. The minimum absolute atomic E-state index is 0.0823. The third-order valence-corrected chi connectivity index (χ3v) is 5.47. The van der Waals surface area contributed by atoms with Crippen LogP contribution in [0.15, 0.2) is 17.0 Å². The molecule has 1 aromatic rings. The Hall–Kier alpha value is -0.620. The van der Waals surface area contributed by atoms with Gasteiger partial charge in [-0.1, -0.05) is 32.4 Å². The van der Waals surface area contributed by atoms with E-state index in [0.717, 1.165) is 17.5 Å². The van der Waals surface area contributed by atoms with Gasteiger partial charge in [0.05, 0.1) is 4.90 Å². The molecular weight excluding hydrogens is 308 g/mol. The standard InChI is InChI=1S/C15H25ClN2O2S/c1-6-14(10(2)3)18-21(19,20)15-8-13(16)7-12(9-17-5)11(15)4/h7-8,10,14,17-18H,6,9H2,1-5H3. The molecule has 0 aliphatic carbocycles. The Bertz CT molecular complexity index is 586. The summed E-state index contributed by atoms with van der Waals surface area (Å²) in [6, 6.07) is 3.23. The van der Waals surface area contributed by atoms with Crippen LogP contribution < -0.4 is 10.0 Å². The summed E-state index contributed by atoms with van der Waals surface area (Å²) in [5.74, 6) is 0.237. The molecule has 1 rings (SSSR count). The van der Waals surface area contributed by atoms with E-state index in [0.29, 0.717) is 11.6 Å². The predicted octanol–water partition coefficient (Wildman–Crippen LogP) is 3.08. The second-order valence-electron chi connectivity index (χ2n) is 5.60. The number of hydrogen-bond acceptors (Lipinski definition) is 3.